The summed E-state index contributed by atoms with van der Waals surface area (Å²) in [5.74, 6) is 0.673. The Morgan fingerprint density at radius 1 is 1.43 bits per heavy atom. The Morgan fingerprint density at radius 3 is 3.09 bits per heavy atom. The van der Waals surface area contributed by atoms with Crippen molar-refractivity contribution in [2.75, 3.05) is 13.7 Å². The predicted molar refractivity (Wildman–Crippen MR) is 86.6 cm³/mol. The Balaban J connectivity index is 1.70. The fourth-order valence-corrected chi connectivity index (χ4v) is 3.81. The molecule has 0 saturated carbocycles. The van der Waals surface area contributed by atoms with Crippen molar-refractivity contribution < 1.29 is 14.3 Å². The number of nitrogens with zero attached hydrogens (tertiary/aromatic N) is 1. The summed E-state index contributed by atoms with van der Waals surface area (Å²) < 4.78 is 11.3. The van der Waals surface area contributed by atoms with Crippen LogP contribution in [0.1, 0.15) is 24.1 Å². The first kappa shape index (κ1) is 14.5. The van der Waals surface area contributed by atoms with Gasteiger partial charge in [0, 0.05) is 23.9 Å². The van der Waals surface area contributed by atoms with E-state index in [1.807, 2.05) is 25.1 Å². The monoisotopic (exact) mass is 312 g/mol. The van der Waals surface area contributed by atoms with Crippen LogP contribution in [0.15, 0.2) is 24.3 Å². The maximum absolute atomic E-state index is 11.8. The third-order valence-electron chi connectivity index (χ3n) is 5.00. The Labute approximate surface area is 135 Å². The molecule has 3 heterocycles. The number of benzene rings is 1. The first-order valence-corrected chi connectivity index (χ1v) is 8.00. The quantitative estimate of drug-likeness (QED) is 0.818. The minimum Gasteiger partial charge on any atom is -0.484 e. The molecule has 120 valence electrons. The Morgan fingerprint density at radius 2 is 2.26 bits per heavy atom. The van der Waals surface area contributed by atoms with E-state index < -0.39 is 0 Å². The molecule has 0 bridgehead atoms. The number of rotatable bonds is 1. The lowest BCUT2D eigenvalue weighted by Gasteiger charge is -2.36. The van der Waals surface area contributed by atoms with E-state index in [0.29, 0.717) is 13.0 Å². The lowest BCUT2D eigenvalue weighted by molar-refractivity contribution is -0.143. The van der Waals surface area contributed by atoms with Gasteiger partial charge in [0.2, 0.25) is 0 Å². The number of pyridine rings is 1. The molecule has 2 atom stereocenters. The number of esters is 1. The van der Waals surface area contributed by atoms with E-state index in [4.69, 9.17) is 9.47 Å². The van der Waals surface area contributed by atoms with Gasteiger partial charge in [-0.1, -0.05) is 18.2 Å². The fraction of sp³-hybridized carbons (Fsp3) is 0.444. The number of aromatic nitrogens is 1. The van der Waals surface area contributed by atoms with E-state index in [1.54, 1.807) is 0 Å². The SMILES string of the molecule is COC(=O)[C@@H]1C[C@]2(CCc3c(c(C)nc4ccccc34)O2)CN1. The van der Waals surface area contributed by atoms with Crippen LogP contribution >= 0.6 is 0 Å². The van der Waals surface area contributed by atoms with Crippen LogP contribution in [-0.4, -0.2) is 36.3 Å². The molecule has 1 saturated heterocycles. The van der Waals surface area contributed by atoms with Crippen molar-refractivity contribution in [3.8, 4) is 5.75 Å². The molecule has 1 aromatic carbocycles. The molecule has 0 radical (unpaired) electrons. The number of hydrogen-bond acceptors (Lipinski definition) is 5. The normalized spacial score (nSPS) is 26.1. The zero-order valence-corrected chi connectivity index (χ0v) is 13.4. The summed E-state index contributed by atoms with van der Waals surface area (Å²) in [7, 11) is 1.42. The van der Waals surface area contributed by atoms with Crippen LogP contribution in [0.5, 0.6) is 5.75 Å². The van der Waals surface area contributed by atoms with Gasteiger partial charge in [-0.25, -0.2) is 4.98 Å². The molecule has 4 rings (SSSR count). The van der Waals surface area contributed by atoms with Gasteiger partial charge in [-0.3, -0.25) is 4.79 Å². The van der Waals surface area contributed by atoms with Gasteiger partial charge in [-0.2, -0.15) is 0 Å². The minimum atomic E-state index is -0.333. The summed E-state index contributed by atoms with van der Waals surface area (Å²) in [5.41, 5.74) is 2.83. The number of ether oxygens (including phenoxy) is 2. The second-order valence-electron chi connectivity index (χ2n) is 6.47. The molecule has 2 aromatic rings. The number of fused-ring (bicyclic) bond motifs is 3. The maximum Gasteiger partial charge on any atom is 0.323 e. The smallest absolute Gasteiger partial charge is 0.323 e. The molecular formula is C18H20N2O3. The van der Waals surface area contributed by atoms with E-state index in [9.17, 15) is 4.79 Å². The van der Waals surface area contributed by atoms with Crippen LogP contribution < -0.4 is 10.1 Å². The summed E-state index contributed by atoms with van der Waals surface area (Å²) in [6.45, 7) is 2.66. The van der Waals surface area contributed by atoms with Crippen LogP contribution in [0.4, 0.5) is 0 Å². The number of nitrogens with one attached hydrogen (secondary N) is 1. The first-order valence-electron chi connectivity index (χ1n) is 8.00. The Kier molecular flexibility index (Phi) is 3.27. The molecule has 23 heavy (non-hydrogen) atoms. The Bertz CT molecular complexity index is 789. The zero-order chi connectivity index (χ0) is 16.0. The predicted octanol–water partition coefficient (Wildman–Crippen LogP) is 2.14. The molecule has 0 amide bonds. The summed E-state index contributed by atoms with van der Waals surface area (Å²) in [6.07, 6.45) is 2.48. The molecule has 0 aliphatic carbocycles. The van der Waals surface area contributed by atoms with Crippen molar-refractivity contribution in [1.29, 1.82) is 0 Å². The second kappa shape index (κ2) is 5.20. The third-order valence-corrected chi connectivity index (χ3v) is 5.00. The van der Waals surface area contributed by atoms with Crippen LogP contribution in [0, 0.1) is 6.92 Å². The second-order valence-corrected chi connectivity index (χ2v) is 6.47. The number of methoxy groups -OCH3 is 1. The van der Waals surface area contributed by atoms with Crippen LogP contribution in [0.2, 0.25) is 0 Å². The first-order chi connectivity index (χ1) is 11.1. The van der Waals surface area contributed by atoms with Crippen molar-refractivity contribution in [3.05, 3.63) is 35.5 Å². The molecule has 1 spiro atoms. The van der Waals surface area contributed by atoms with Gasteiger partial charge in [0.05, 0.1) is 18.3 Å². The van der Waals surface area contributed by atoms with Gasteiger partial charge >= 0.3 is 5.97 Å². The highest BCUT2D eigenvalue weighted by molar-refractivity contribution is 5.85. The molecule has 1 N–H and O–H groups in total. The third kappa shape index (κ3) is 2.27. The number of carbonyl (C=O) groups excluding carboxylic acids is 1. The molecule has 1 aromatic heterocycles. The average molecular weight is 312 g/mol. The highest BCUT2D eigenvalue weighted by atomic mass is 16.5. The molecule has 5 heteroatoms. The lowest BCUT2D eigenvalue weighted by Crippen LogP contribution is -2.42. The van der Waals surface area contributed by atoms with Crippen LogP contribution in [0.25, 0.3) is 10.9 Å². The van der Waals surface area contributed by atoms with E-state index in [-0.39, 0.29) is 17.6 Å². The zero-order valence-electron chi connectivity index (χ0n) is 13.4. The molecule has 1 fully saturated rings. The summed E-state index contributed by atoms with van der Waals surface area (Å²) in [4.78, 5) is 16.5. The number of aryl methyl sites for hydroxylation is 2. The van der Waals surface area contributed by atoms with Crippen LogP contribution in [-0.2, 0) is 16.0 Å². The van der Waals surface area contributed by atoms with Crippen molar-refractivity contribution in [2.45, 2.75) is 37.8 Å². The van der Waals surface area contributed by atoms with Crippen molar-refractivity contribution in [3.63, 3.8) is 0 Å². The van der Waals surface area contributed by atoms with Crippen LogP contribution in [0.3, 0.4) is 0 Å². The maximum atomic E-state index is 11.8. The molecular weight excluding hydrogens is 292 g/mol. The van der Waals surface area contributed by atoms with Gasteiger partial charge in [0.1, 0.15) is 17.4 Å². The summed E-state index contributed by atoms with van der Waals surface area (Å²) >= 11 is 0. The largest absolute Gasteiger partial charge is 0.484 e. The van der Waals surface area contributed by atoms with Crippen molar-refractivity contribution >= 4 is 16.9 Å². The molecule has 0 unspecified atom stereocenters. The van der Waals surface area contributed by atoms with E-state index in [2.05, 4.69) is 16.4 Å². The van der Waals surface area contributed by atoms with Gasteiger partial charge in [-0.05, 0) is 25.8 Å². The minimum absolute atomic E-state index is 0.218. The number of para-hydroxylation sites is 1. The molecule has 2 aliphatic heterocycles. The van der Waals surface area contributed by atoms with Gasteiger partial charge in [-0.15, -0.1) is 0 Å². The summed E-state index contributed by atoms with van der Waals surface area (Å²) in [5, 5.41) is 4.40. The van der Waals surface area contributed by atoms with Gasteiger partial charge in [0.15, 0.2) is 0 Å². The number of hydrogen-bond donors (Lipinski definition) is 1. The van der Waals surface area contributed by atoms with Crippen molar-refractivity contribution in [1.82, 2.24) is 10.3 Å². The van der Waals surface area contributed by atoms with E-state index in [0.717, 1.165) is 29.8 Å². The topological polar surface area (TPSA) is 60.5 Å². The van der Waals surface area contributed by atoms with E-state index >= 15 is 0 Å². The standard InChI is InChI=1S/C18H20N2O3/c1-11-16-13(12-5-3-4-6-14(12)20-11)7-8-18(23-16)9-15(19-10-18)17(21)22-2/h3-6,15,19H,7-10H2,1-2H3/t15-,18+/m0/s1. The highest BCUT2D eigenvalue weighted by Gasteiger charge is 2.46. The number of carbonyl (C=O) groups is 1. The Hall–Kier alpha value is -2.14. The highest BCUT2D eigenvalue weighted by Crippen LogP contribution is 2.42. The van der Waals surface area contributed by atoms with Crippen molar-refractivity contribution in [2.24, 2.45) is 0 Å². The van der Waals surface area contributed by atoms with E-state index in [1.165, 1.54) is 18.1 Å². The fourth-order valence-electron chi connectivity index (χ4n) is 3.81. The lowest BCUT2D eigenvalue weighted by atomic mass is 9.87. The summed E-state index contributed by atoms with van der Waals surface area (Å²) in [6, 6.07) is 7.90. The molecule has 5 nitrogen and oxygen atoms in total. The average Bonchev–Trinajstić information content (AvgIpc) is 2.98. The molecule has 2 aliphatic rings. The van der Waals surface area contributed by atoms with Gasteiger partial charge < -0.3 is 14.8 Å². The van der Waals surface area contributed by atoms with Gasteiger partial charge in [0.25, 0.3) is 0 Å².